The Morgan fingerprint density at radius 2 is 1.58 bits per heavy atom. The molecule has 8 nitrogen and oxygen atoms in total. The number of ether oxygens (including phenoxy) is 2. The monoisotopic (exact) mass is 630 g/mol. The Morgan fingerprint density at radius 1 is 0.889 bits per heavy atom. The van der Waals surface area contributed by atoms with Gasteiger partial charge in [0.15, 0.2) is 0 Å². The molecule has 1 unspecified atom stereocenters. The molecule has 1 fully saturated rings. The molecule has 1 aliphatic rings. The highest BCUT2D eigenvalue weighted by molar-refractivity contribution is 6.07. The molecule has 1 aliphatic heterocycles. The number of alkyl halides is 3. The summed E-state index contributed by atoms with van der Waals surface area (Å²) in [6.07, 6.45) is 0.277. The number of hydrogen-bond donors (Lipinski definition) is 1. The van der Waals surface area contributed by atoms with Crippen molar-refractivity contribution in [2.24, 2.45) is 0 Å². The Kier molecular flexibility index (Phi) is 10.8. The van der Waals surface area contributed by atoms with Gasteiger partial charge in [-0.3, -0.25) is 9.69 Å². The third-order valence-electron chi connectivity index (χ3n) is 7.98. The Labute approximate surface area is 260 Å². The van der Waals surface area contributed by atoms with E-state index in [1.807, 2.05) is 13.8 Å². The molecule has 0 radical (unpaired) electrons. The van der Waals surface area contributed by atoms with Gasteiger partial charge in [0.25, 0.3) is 5.91 Å². The first-order chi connectivity index (χ1) is 21.4. The topological polar surface area (TPSA) is 98.1 Å². The van der Waals surface area contributed by atoms with E-state index in [-0.39, 0.29) is 30.0 Å². The highest BCUT2D eigenvalue weighted by Crippen LogP contribution is 2.40. The number of nitrogens with zero attached hydrogens (tertiary/aromatic N) is 1. The first-order valence-electron chi connectivity index (χ1n) is 15.6. The van der Waals surface area contributed by atoms with Crippen LogP contribution in [-0.4, -0.2) is 36.6 Å². The number of imide groups is 1. The van der Waals surface area contributed by atoms with Gasteiger partial charge in [0.1, 0.15) is 22.6 Å². The van der Waals surface area contributed by atoms with Gasteiger partial charge in [-0.25, -0.2) is 9.59 Å². The summed E-state index contributed by atoms with van der Waals surface area (Å²) in [6, 6.07) is 8.56. The van der Waals surface area contributed by atoms with Crippen LogP contribution in [0.15, 0.2) is 45.6 Å². The van der Waals surface area contributed by atoms with Crippen molar-refractivity contribution in [2.45, 2.75) is 90.8 Å². The average Bonchev–Trinajstić information content (AvgIpc) is 3.21. The van der Waals surface area contributed by atoms with Gasteiger partial charge >= 0.3 is 17.8 Å². The normalized spacial score (nSPS) is 16.8. The van der Waals surface area contributed by atoms with Crippen molar-refractivity contribution in [2.75, 3.05) is 19.8 Å². The molecule has 45 heavy (non-hydrogen) atoms. The summed E-state index contributed by atoms with van der Waals surface area (Å²) < 4.78 is 58.7. The van der Waals surface area contributed by atoms with Gasteiger partial charge in [-0.2, -0.15) is 13.2 Å². The fraction of sp³-hybridized carbons (Fsp3) is 0.500. The lowest BCUT2D eigenvalue weighted by atomic mass is 9.92. The summed E-state index contributed by atoms with van der Waals surface area (Å²) >= 11 is 0. The lowest BCUT2D eigenvalue weighted by Crippen LogP contribution is -2.41. The van der Waals surface area contributed by atoms with Gasteiger partial charge in [0.2, 0.25) is 0 Å². The number of amides is 3. The molecule has 0 bridgehead atoms. The minimum absolute atomic E-state index is 0.106. The van der Waals surface area contributed by atoms with E-state index in [1.165, 1.54) is 11.0 Å². The van der Waals surface area contributed by atoms with Crippen molar-refractivity contribution in [1.29, 1.82) is 0 Å². The molecular formula is C34H41F3N2O6. The Hall–Kier alpha value is -4.02. The molecule has 0 aliphatic carbocycles. The molecule has 244 valence electrons. The van der Waals surface area contributed by atoms with Crippen LogP contribution in [-0.2, 0) is 29.4 Å². The minimum Gasteiger partial charge on any atom is -0.494 e. The van der Waals surface area contributed by atoms with Gasteiger partial charge in [0.05, 0.1) is 18.8 Å². The second-order valence-electron chi connectivity index (χ2n) is 11.5. The van der Waals surface area contributed by atoms with Gasteiger partial charge in [-0.05, 0) is 68.4 Å². The van der Waals surface area contributed by atoms with E-state index in [4.69, 9.17) is 13.9 Å². The number of nitrogens with one attached hydrogen (secondary N) is 1. The number of unbranched alkanes of at least 4 members (excludes halogenated alkanes) is 2. The number of carbonyl (C=O) groups is 2. The summed E-state index contributed by atoms with van der Waals surface area (Å²) in [5.74, 6) is 0.773. The number of halogens is 3. The second kappa shape index (κ2) is 14.4. The SMILES string of the molecule is CCCCOc1ccc(C2(C)NC(=O)N(CCCCOc3c(CCC)cc4c(C(F)(F)F)cc(=O)oc4c3CCC)C2=O)cc1. The number of urea groups is 1. The summed E-state index contributed by atoms with van der Waals surface area (Å²) in [5, 5.41) is 2.66. The molecule has 1 N–H and O–H groups in total. The van der Waals surface area contributed by atoms with Crippen molar-refractivity contribution in [1.82, 2.24) is 10.2 Å². The Bertz CT molecular complexity index is 1570. The van der Waals surface area contributed by atoms with Crippen LogP contribution in [0.2, 0.25) is 0 Å². The second-order valence-corrected chi connectivity index (χ2v) is 11.5. The van der Waals surface area contributed by atoms with Crippen molar-refractivity contribution >= 4 is 22.9 Å². The first kappa shape index (κ1) is 33.9. The van der Waals surface area contributed by atoms with Crippen LogP contribution in [0.3, 0.4) is 0 Å². The Balaban J connectivity index is 1.45. The minimum atomic E-state index is -4.72. The molecule has 1 aromatic heterocycles. The van der Waals surface area contributed by atoms with Crippen molar-refractivity contribution < 1.29 is 36.7 Å². The molecule has 4 rings (SSSR count). The van der Waals surface area contributed by atoms with Crippen LogP contribution >= 0.6 is 0 Å². The largest absolute Gasteiger partial charge is 0.494 e. The number of hydrogen-bond acceptors (Lipinski definition) is 6. The van der Waals surface area contributed by atoms with Crippen molar-refractivity contribution in [3.05, 3.63) is 69.1 Å². The number of benzene rings is 2. The summed E-state index contributed by atoms with van der Waals surface area (Å²) in [5.41, 5.74) is -1.70. The summed E-state index contributed by atoms with van der Waals surface area (Å²) in [6.45, 7) is 8.54. The number of aryl methyl sites for hydroxylation is 2. The smallest absolute Gasteiger partial charge is 0.417 e. The number of fused-ring (bicyclic) bond motifs is 1. The summed E-state index contributed by atoms with van der Waals surface area (Å²) in [7, 11) is 0. The van der Waals surface area contributed by atoms with E-state index in [0.717, 1.165) is 12.8 Å². The van der Waals surface area contributed by atoms with E-state index in [1.54, 1.807) is 31.2 Å². The van der Waals surface area contributed by atoms with Gasteiger partial charge in [-0.1, -0.05) is 52.2 Å². The maximum Gasteiger partial charge on any atom is 0.417 e. The van der Waals surface area contributed by atoms with Gasteiger partial charge in [-0.15, -0.1) is 0 Å². The van der Waals surface area contributed by atoms with Crippen molar-refractivity contribution in [3.8, 4) is 11.5 Å². The molecule has 3 amide bonds. The van der Waals surface area contributed by atoms with Crippen LogP contribution in [0.1, 0.15) is 88.5 Å². The molecule has 0 spiro atoms. The predicted molar refractivity (Wildman–Crippen MR) is 165 cm³/mol. The van der Waals surface area contributed by atoms with Crippen LogP contribution in [0.25, 0.3) is 11.0 Å². The van der Waals surface area contributed by atoms with E-state index in [2.05, 4.69) is 12.2 Å². The van der Waals surface area contributed by atoms with Crippen molar-refractivity contribution in [3.63, 3.8) is 0 Å². The fourth-order valence-electron chi connectivity index (χ4n) is 5.61. The zero-order chi connectivity index (χ0) is 32.8. The lowest BCUT2D eigenvalue weighted by Gasteiger charge is -2.22. The molecule has 1 atom stereocenters. The van der Waals surface area contributed by atoms with E-state index >= 15 is 0 Å². The average molecular weight is 631 g/mol. The highest BCUT2D eigenvalue weighted by atomic mass is 19.4. The van der Waals surface area contributed by atoms with Crippen LogP contribution in [0, 0.1) is 0 Å². The third-order valence-corrected chi connectivity index (χ3v) is 7.98. The first-order valence-corrected chi connectivity index (χ1v) is 15.6. The zero-order valence-corrected chi connectivity index (χ0v) is 26.3. The molecule has 2 aromatic carbocycles. The highest BCUT2D eigenvalue weighted by Gasteiger charge is 2.48. The molecule has 1 saturated heterocycles. The maximum atomic E-state index is 13.8. The van der Waals surface area contributed by atoms with E-state index in [0.29, 0.717) is 79.4 Å². The van der Waals surface area contributed by atoms with Crippen LogP contribution in [0.5, 0.6) is 11.5 Å². The third kappa shape index (κ3) is 7.45. The van der Waals surface area contributed by atoms with Gasteiger partial charge < -0.3 is 19.2 Å². The van der Waals surface area contributed by atoms with Crippen LogP contribution < -0.4 is 20.4 Å². The van der Waals surface area contributed by atoms with E-state index < -0.39 is 28.9 Å². The lowest BCUT2D eigenvalue weighted by molar-refractivity contribution is -0.136. The number of rotatable bonds is 15. The standard InChI is InChI=1S/C34H41F3N2O6/c1-5-8-18-43-24-15-13-23(14-16-24)33(4)31(41)39(32(42)38-33)17-9-10-19-44-29-22(11-6-2)20-26-27(34(35,36)37)21-28(40)45-30(26)25(29)12-7-3/h13-16,20-21H,5-12,17-19H2,1-4H3,(H,38,42). The maximum absolute atomic E-state index is 13.8. The van der Waals surface area contributed by atoms with Crippen LogP contribution in [0.4, 0.5) is 18.0 Å². The van der Waals surface area contributed by atoms with E-state index in [9.17, 15) is 27.6 Å². The molecule has 0 saturated carbocycles. The van der Waals surface area contributed by atoms with Gasteiger partial charge in [0, 0.05) is 23.6 Å². The molecule has 11 heteroatoms. The molecular weight excluding hydrogens is 589 g/mol. The fourth-order valence-corrected chi connectivity index (χ4v) is 5.61. The molecule has 2 heterocycles. The zero-order valence-electron chi connectivity index (χ0n) is 26.3. The summed E-state index contributed by atoms with van der Waals surface area (Å²) in [4.78, 5) is 39.5. The number of carbonyl (C=O) groups excluding carboxylic acids is 2. The molecule has 3 aromatic rings. The quantitative estimate of drug-likeness (QED) is 0.106. The predicted octanol–water partition coefficient (Wildman–Crippen LogP) is 7.52. The Morgan fingerprint density at radius 3 is 2.22 bits per heavy atom.